The molecule has 0 saturated carbocycles. The van der Waals surface area contributed by atoms with Crippen LogP contribution in [0.15, 0.2) is 29.2 Å². The zero-order chi connectivity index (χ0) is 13.3. The van der Waals surface area contributed by atoms with Crippen LogP contribution in [-0.4, -0.2) is 41.5 Å². The van der Waals surface area contributed by atoms with Gasteiger partial charge in [-0.3, -0.25) is 0 Å². The Kier molecular flexibility index (Phi) is 4.30. The number of rotatable bonds is 3. The van der Waals surface area contributed by atoms with Crippen molar-refractivity contribution in [3.05, 3.63) is 29.8 Å². The molecule has 0 amide bonds. The number of aliphatic hydroxyl groups excluding tert-OH is 1. The molecule has 4 nitrogen and oxygen atoms in total. The molecule has 1 saturated heterocycles. The molecular weight excluding hydrogens is 365 g/mol. The van der Waals surface area contributed by atoms with Gasteiger partial charge in [-0.1, -0.05) is 40.3 Å². The van der Waals surface area contributed by atoms with Gasteiger partial charge in [0.1, 0.15) is 0 Å². The fourth-order valence-electron chi connectivity index (χ4n) is 2.02. The van der Waals surface area contributed by atoms with Gasteiger partial charge in [0.15, 0.2) is 0 Å². The third kappa shape index (κ3) is 2.71. The van der Waals surface area contributed by atoms with Crippen molar-refractivity contribution in [3.8, 4) is 0 Å². The van der Waals surface area contributed by atoms with Crippen LogP contribution in [0, 0.1) is 12.8 Å². The van der Waals surface area contributed by atoms with Crippen molar-refractivity contribution in [2.75, 3.05) is 17.5 Å². The minimum atomic E-state index is -3.46. The average Bonchev–Trinajstić information content (AvgIpc) is 2.72. The Morgan fingerprint density at radius 1 is 1.33 bits per heavy atom. The second kappa shape index (κ2) is 5.44. The number of aryl methyl sites for hydroxylation is 1. The lowest BCUT2D eigenvalue weighted by Crippen LogP contribution is -2.29. The number of hydrogen-bond donors (Lipinski definition) is 1. The van der Waals surface area contributed by atoms with Crippen molar-refractivity contribution in [3.63, 3.8) is 0 Å². The fourth-order valence-corrected chi connectivity index (χ4v) is 4.40. The summed E-state index contributed by atoms with van der Waals surface area (Å²) in [6, 6.07) is 6.81. The molecule has 0 aromatic heterocycles. The minimum absolute atomic E-state index is 0.0332. The molecule has 1 heterocycles. The maximum absolute atomic E-state index is 12.4. The van der Waals surface area contributed by atoms with Crippen molar-refractivity contribution in [1.29, 1.82) is 0 Å². The number of halogens is 1. The fraction of sp³-hybridized carbons (Fsp3) is 0.500. The molecule has 2 rings (SSSR count). The number of sulfonamides is 1. The predicted octanol–water partition coefficient (Wildman–Crippen LogP) is 1.41. The molecule has 100 valence electrons. The Hall–Kier alpha value is -0.180. The van der Waals surface area contributed by atoms with Crippen LogP contribution in [0.1, 0.15) is 5.56 Å². The molecule has 0 radical (unpaired) electrons. The van der Waals surface area contributed by atoms with Crippen LogP contribution in [0.3, 0.4) is 0 Å². The Morgan fingerprint density at radius 2 is 1.94 bits per heavy atom. The van der Waals surface area contributed by atoms with Crippen LogP contribution in [0.5, 0.6) is 0 Å². The first-order valence-electron chi connectivity index (χ1n) is 5.76. The van der Waals surface area contributed by atoms with E-state index >= 15 is 0 Å². The summed E-state index contributed by atoms with van der Waals surface area (Å²) >= 11 is 2.18. The van der Waals surface area contributed by atoms with Crippen molar-refractivity contribution in [1.82, 2.24) is 4.31 Å². The number of aliphatic hydroxyl groups is 1. The van der Waals surface area contributed by atoms with Crippen LogP contribution in [0.25, 0.3) is 0 Å². The summed E-state index contributed by atoms with van der Waals surface area (Å²) in [5.41, 5.74) is 1.03. The highest BCUT2D eigenvalue weighted by Crippen LogP contribution is 2.25. The van der Waals surface area contributed by atoms with Crippen molar-refractivity contribution in [2.24, 2.45) is 5.92 Å². The zero-order valence-corrected chi connectivity index (χ0v) is 13.1. The van der Waals surface area contributed by atoms with E-state index in [0.29, 0.717) is 11.4 Å². The first-order valence-corrected chi connectivity index (χ1v) is 8.72. The van der Waals surface area contributed by atoms with Crippen molar-refractivity contribution >= 4 is 32.6 Å². The molecule has 1 aliphatic rings. The Balaban J connectivity index is 2.25. The summed E-state index contributed by atoms with van der Waals surface area (Å²) in [5.74, 6) is 0.0332. The first kappa shape index (κ1) is 14.2. The first-order chi connectivity index (χ1) is 8.45. The summed E-state index contributed by atoms with van der Waals surface area (Å²) in [6.45, 7) is 2.52. The number of alkyl halides is 1. The molecule has 6 heteroatoms. The Bertz CT molecular complexity index is 515. The van der Waals surface area contributed by atoms with E-state index in [2.05, 4.69) is 22.6 Å². The van der Waals surface area contributed by atoms with E-state index in [1.807, 2.05) is 6.92 Å². The van der Waals surface area contributed by atoms with Crippen molar-refractivity contribution in [2.45, 2.75) is 17.9 Å². The standard InChI is InChI=1S/C12H16INO3S/c1-9-2-4-11(5-3-9)18(16,17)14-7-10(6-13)12(15)8-14/h2-5,10,12,15H,6-8H2,1H3. The van der Waals surface area contributed by atoms with Gasteiger partial charge in [-0.25, -0.2) is 8.42 Å². The number of β-amino-alcohol motifs (C(OH)–C–C–N with tert-alkyl or cyclic N) is 1. The van der Waals surface area contributed by atoms with Crippen LogP contribution in [0.2, 0.25) is 0 Å². The summed E-state index contributed by atoms with van der Waals surface area (Å²) in [5, 5.41) is 9.80. The molecule has 1 aromatic carbocycles. The van der Waals surface area contributed by atoms with E-state index in [4.69, 9.17) is 0 Å². The molecule has 1 N–H and O–H groups in total. The summed E-state index contributed by atoms with van der Waals surface area (Å²) in [4.78, 5) is 0.300. The van der Waals surface area contributed by atoms with E-state index in [1.165, 1.54) is 4.31 Å². The number of benzene rings is 1. The summed E-state index contributed by atoms with van der Waals surface area (Å²) < 4.78 is 26.9. The van der Waals surface area contributed by atoms with Gasteiger partial charge in [0, 0.05) is 23.4 Å². The molecular formula is C12H16INO3S. The molecule has 2 unspecified atom stereocenters. The molecule has 1 aromatic rings. The van der Waals surface area contributed by atoms with Crippen LogP contribution < -0.4 is 0 Å². The quantitative estimate of drug-likeness (QED) is 0.637. The second-order valence-corrected chi connectivity index (χ2v) is 7.44. The maximum atomic E-state index is 12.4. The van der Waals surface area contributed by atoms with Gasteiger partial charge in [-0.05, 0) is 19.1 Å². The van der Waals surface area contributed by atoms with E-state index in [0.717, 1.165) is 9.99 Å². The average molecular weight is 381 g/mol. The van der Waals surface area contributed by atoms with E-state index < -0.39 is 16.1 Å². The number of nitrogens with zero attached hydrogens (tertiary/aromatic N) is 1. The summed E-state index contributed by atoms with van der Waals surface area (Å²) in [6.07, 6.45) is -0.554. The smallest absolute Gasteiger partial charge is 0.243 e. The monoisotopic (exact) mass is 381 g/mol. The van der Waals surface area contributed by atoms with Crippen LogP contribution in [-0.2, 0) is 10.0 Å². The summed E-state index contributed by atoms with van der Waals surface area (Å²) in [7, 11) is -3.46. The van der Waals surface area contributed by atoms with Gasteiger partial charge in [0.05, 0.1) is 11.0 Å². The highest BCUT2D eigenvalue weighted by molar-refractivity contribution is 14.1. The van der Waals surface area contributed by atoms with Crippen LogP contribution in [0.4, 0.5) is 0 Å². The minimum Gasteiger partial charge on any atom is -0.391 e. The lowest BCUT2D eigenvalue weighted by atomic mass is 10.1. The molecule has 2 atom stereocenters. The molecule has 0 bridgehead atoms. The molecule has 1 aliphatic heterocycles. The van der Waals surface area contributed by atoms with E-state index in [9.17, 15) is 13.5 Å². The van der Waals surface area contributed by atoms with Gasteiger partial charge in [0.2, 0.25) is 10.0 Å². The van der Waals surface area contributed by atoms with E-state index in [1.54, 1.807) is 24.3 Å². The molecule has 0 spiro atoms. The third-order valence-corrected chi connectivity index (χ3v) is 6.21. The number of hydrogen-bond acceptors (Lipinski definition) is 3. The van der Waals surface area contributed by atoms with Gasteiger partial charge in [-0.15, -0.1) is 0 Å². The van der Waals surface area contributed by atoms with Gasteiger partial charge in [-0.2, -0.15) is 4.31 Å². The largest absolute Gasteiger partial charge is 0.391 e. The Labute approximate surface area is 121 Å². The predicted molar refractivity (Wildman–Crippen MR) is 78.3 cm³/mol. The zero-order valence-electron chi connectivity index (χ0n) is 10.1. The Morgan fingerprint density at radius 3 is 2.44 bits per heavy atom. The maximum Gasteiger partial charge on any atom is 0.243 e. The normalized spacial score (nSPS) is 25.5. The third-order valence-electron chi connectivity index (χ3n) is 3.23. The van der Waals surface area contributed by atoms with Gasteiger partial charge < -0.3 is 5.11 Å². The van der Waals surface area contributed by atoms with Gasteiger partial charge >= 0.3 is 0 Å². The van der Waals surface area contributed by atoms with Gasteiger partial charge in [0.25, 0.3) is 0 Å². The highest BCUT2D eigenvalue weighted by atomic mass is 127. The highest BCUT2D eigenvalue weighted by Gasteiger charge is 2.37. The lowest BCUT2D eigenvalue weighted by Gasteiger charge is -2.16. The molecule has 0 aliphatic carbocycles. The molecule has 18 heavy (non-hydrogen) atoms. The van der Waals surface area contributed by atoms with E-state index in [-0.39, 0.29) is 12.5 Å². The lowest BCUT2D eigenvalue weighted by molar-refractivity contribution is 0.156. The SMILES string of the molecule is Cc1ccc(S(=O)(=O)N2CC(O)C(CI)C2)cc1. The van der Waals surface area contributed by atoms with Crippen LogP contribution >= 0.6 is 22.6 Å². The van der Waals surface area contributed by atoms with Crippen molar-refractivity contribution < 1.29 is 13.5 Å². The molecule has 1 fully saturated rings. The second-order valence-electron chi connectivity index (χ2n) is 4.62. The topological polar surface area (TPSA) is 57.6 Å².